The van der Waals surface area contributed by atoms with Gasteiger partial charge in [0, 0.05) is 31.4 Å². The van der Waals surface area contributed by atoms with Gasteiger partial charge in [0.25, 0.3) is 0 Å². The van der Waals surface area contributed by atoms with Crippen LogP contribution in [-0.2, 0) is 22.5 Å². The van der Waals surface area contributed by atoms with Crippen LogP contribution in [0, 0.1) is 0 Å². The molecule has 0 saturated carbocycles. The molecule has 7 heteroatoms. The van der Waals surface area contributed by atoms with Crippen molar-refractivity contribution in [3.05, 3.63) is 33.5 Å². The summed E-state index contributed by atoms with van der Waals surface area (Å²) >= 11 is 3.15. The number of aromatic nitrogens is 1. The summed E-state index contributed by atoms with van der Waals surface area (Å²) in [5.41, 5.74) is 2.22. The van der Waals surface area contributed by atoms with Crippen LogP contribution in [0.25, 0.3) is 0 Å². The average Bonchev–Trinajstić information content (AvgIpc) is 3.16. The van der Waals surface area contributed by atoms with Crippen molar-refractivity contribution in [2.75, 3.05) is 18.4 Å². The van der Waals surface area contributed by atoms with Gasteiger partial charge in [0.05, 0.1) is 17.9 Å². The second-order valence-electron chi connectivity index (χ2n) is 6.28. The highest BCUT2D eigenvalue weighted by atomic mass is 32.1. The molecule has 5 nitrogen and oxygen atoms in total. The summed E-state index contributed by atoms with van der Waals surface area (Å²) in [4.78, 5) is 18.9. The van der Waals surface area contributed by atoms with E-state index < -0.39 is 0 Å². The van der Waals surface area contributed by atoms with Gasteiger partial charge in [-0.3, -0.25) is 9.69 Å². The van der Waals surface area contributed by atoms with Gasteiger partial charge in [-0.15, -0.1) is 11.3 Å². The van der Waals surface area contributed by atoms with Crippen molar-refractivity contribution < 1.29 is 9.53 Å². The zero-order valence-corrected chi connectivity index (χ0v) is 15.7. The van der Waals surface area contributed by atoms with Crippen molar-refractivity contribution in [3.8, 4) is 0 Å². The topological polar surface area (TPSA) is 54.5 Å². The molecule has 0 unspecified atom stereocenters. The Labute approximate surface area is 150 Å². The number of anilines is 1. The van der Waals surface area contributed by atoms with Gasteiger partial charge in [-0.05, 0) is 42.7 Å². The normalized spacial score (nSPS) is 21.8. The molecule has 1 aliphatic rings. The van der Waals surface area contributed by atoms with E-state index in [1.807, 2.05) is 10.8 Å². The Morgan fingerprint density at radius 2 is 2.17 bits per heavy atom. The van der Waals surface area contributed by atoms with Crippen LogP contribution in [-0.4, -0.2) is 41.1 Å². The minimum Gasteiger partial charge on any atom is -0.373 e. The number of hydrogen-bond donors (Lipinski definition) is 1. The van der Waals surface area contributed by atoms with Crippen LogP contribution in [0.2, 0.25) is 0 Å². The lowest BCUT2D eigenvalue weighted by Crippen LogP contribution is -2.44. The molecule has 24 heavy (non-hydrogen) atoms. The predicted octanol–water partition coefficient (Wildman–Crippen LogP) is 3.39. The van der Waals surface area contributed by atoms with E-state index in [4.69, 9.17) is 4.74 Å². The lowest BCUT2D eigenvalue weighted by molar-refractivity contribution is -0.116. The molecule has 0 radical (unpaired) electrons. The number of morpholine rings is 1. The fourth-order valence-corrected chi connectivity index (χ4v) is 4.37. The summed E-state index contributed by atoms with van der Waals surface area (Å²) in [5, 5.41) is 9.74. The molecule has 0 aromatic carbocycles. The van der Waals surface area contributed by atoms with Gasteiger partial charge in [-0.2, -0.15) is 11.3 Å². The van der Waals surface area contributed by atoms with Crippen molar-refractivity contribution in [3.63, 3.8) is 0 Å². The number of amides is 1. The summed E-state index contributed by atoms with van der Waals surface area (Å²) in [7, 11) is 0. The SMILES string of the molecule is C[C@@H]1CN(Cc2csc(NC(=O)CCc3ccsc3)n2)C[C@H](C)O1. The zero-order valence-electron chi connectivity index (χ0n) is 14.0. The summed E-state index contributed by atoms with van der Waals surface area (Å²) < 4.78 is 5.75. The third kappa shape index (κ3) is 5.11. The first-order chi connectivity index (χ1) is 11.6. The van der Waals surface area contributed by atoms with Gasteiger partial charge < -0.3 is 10.1 Å². The third-order valence-corrected chi connectivity index (χ3v) is 5.44. The molecule has 1 fully saturated rings. The highest BCUT2D eigenvalue weighted by Gasteiger charge is 2.22. The van der Waals surface area contributed by atoms with Gasteiger partial charge >= 0.3 is 0 Å². The number of carbonyl (C=O) groups excluding carboxylic acids is 1. The van der Waals surface area contributed by atoms with Crippen molar-refractivity contribution in [2.45, 2.75) is 45.4 Å². The number of aryl methyl sites for hydroxylation is 1. The van der Waals surface area contributed by atoms with E-state index >= 15 is 0 Å². The Bertz CT molecular complexity index is 647. The number of hydrogen-bond acceptors (Lipinski definition) is 6. The molecule has 130 valence electrons. The number of ether oxygens (including phenoxy) is 1. The third-order valence-electron chi connectivity index (χ3n) is 3.90. The predicted molar refractivity (Wildman–Crippen MR) is 98.7 cm³/mol. The molecule has 0 bridgehead atoms. The van der Waals surface area contributed by atoms with Crippen LogP contribution in [0.15, 0.2) is 22.2 Å². The minimum atomic E-state index is 0.0238. The fourth-order valence-electron chi connectivity index (χ4n) is 2.95. The van der Waals surface area contributed by atoms with E-state index in [0.717, 1.165) is 31.7 Å². The number of rotatable bonds is 6. The van der Waals surface area contributed by atoms with Gasteiger partial charge in [0.15, 0.2) is 5.13 Å². The Morgan fingerprint density at radius 3 is 2.88 bits per heavy atom. The van der Waals surface area contributed by atoms with Crippen molar-refractivity contribution in [2.24, 2.45) is 0 Å². The van der Waals surface area contributed by atoms with Crippen molar-refractivity contribution in [1.82, 2.24) is 9.88 Å². The molecule has 3 heterocycles. The van der Waals surface area contributed by atoms with E-state index in [1.165, 1.54) is 16.9 Å². The van der Waals surface area contributed by atoms with Crippen LogP contribution >= 0.6 is 22.7 Å². The highest BCUT2D eigenvalue weighted by Crippen LogP contribution is 2.19. The van der Waals surface area contributed by atoms with Crippen LogP contribution < -0.4 is 5.32 Å². The maximum Gasteiger partial charge on any atom is 0.226 e. The van der Waals surface area contributed by atoms with Gasteiger partial charge in [0.2, 0.25) is 5.91 Å². The lowest BCUT2D eigenvalue weighted by atomic mass is 10.2. The van der Waals surface area contributed by atoms with E-state index in [2.05, 4.69) is 40.5 Å². The second-order valence-corrected chi connectivity index (χ2v) is 7.91. The average molecular weight is 366 g/mol. The van der Waals surface area contributed by atoms with Gasteiger partial charge in [-0.1, -0.05) is 0 Å². The van der Waals surface area contributed by atoms with E-state index in [1.54, 1.807) is 11.3 Å². The quantitative estimate of drug-likeness (QED) is 0.853. The van der Waals surface area contributed by atoms with Crippen molar-refractivity contribution >= 4 is 33.7 Å². The fraction of sp³-hybridized carbons (Fsp3) is 0.529. The molecule has 1 amide bonds. The van der Waals surface area contributed by atoms with Crippen LogP contribution in [0.4, 0.5) is 5.13 Å². The Hall–Kier alpha value is -1.28. The monoisotopic (exact) mass is 365 g/mol. The standard InChI is InChI=1S/C17H23N3O2S2/c1-12-7-20(8-13(2)22-12)9-15-11-24-17(18-15)19-16(21)4-3-14-5-6-23-10-14/h5-6,10-13H,3-4,7-9H2,1-2H3,(H,18,19,21)/t12-,13+. The Morgan fingerprint density at radius 1 is 1.38 bits per heavy atom. The van der Waals surface area contributed by atoms with Crippen LogP contribution in [0.3, 0.4) is 0 Å². The molecule has 2 atom stereocenters. The molecular weight excluding hydrogens is 342 g/mol. The van der Waals surface area contributed by atoms with Crippen LogP contribution in [0.1, 0.15) is 31.5 Å². The molecule has 3 rings (SSSR count). The van der Waals surface area contributed by atoms with Gasteiger partial charge in [0.1, 0.15) is 0 Å². The van der Waals surface area contributed by atoms with Gasteiger partial charge in [-0.25, -0.2) is 4.98 Å². The molecule has 2 aromatic heterocycles. The zero-order chi connectivity index (χ0) is 16.9. The number of thiazole rings is 1. The summed E-state index contributed by atoms with van der Waals surface area (Å²) in [6.07, 6.45) is 1.77. The number of thiophene rings is 1. The molecule has 0 aliphatic carbocycles. The van der Waals surface area contributed by atoms with E-state index in [0.29, 0.717) is 11.6 Å². The Kier molecular flexibility index (Phi) is 5.99. The molecular formula is C17H23N3O2S2. The second kappa shape index (κ2) is 8.20. The lowest BCUT2D eigenvalue weighted by Gasteiger charge is -2.34. The minimum absolute atomic E-state index is 0.0238. The number of carbonyl (C=O) groups is 1. The summed E-state index contributed by atoms with van der Waals surface area (Å²) in [5.74, 6) is 0.0238. The van der Waals surface area contributed by atoms with Crippen LogP contribution in [0.5, 0.6) is 0 Å². The first kappa shape index (κ1) is 17.5. The molecule has 0 spiro atoms. The Balaban J connectivity index is 1.47. The van der Waals surface area contributed by atoms with E-state index in [9.17, 15) is 4.79 Å². The van der Waals surface area contributed by atoms with Crippen molar-refractivity contribution in [1.29, 1.82) is 0 Å². The number of nitrogens with one attached hydrogen (secondary N) is 1. The van der Waals surface area contributed by atoms with E-state index in [-0.39, 0.29) is 18.1 Å². The molecule has 1 aliphatic heterocycles. The largest absolute Gasteiger partial charge is 0.373 e. The first-order valence-corrected chi connectivity index (χ1v) is 10.0. The summed E-state index contributed by atoms with van der Waals surface area (Å²) in [6.45, 7) is 6.85. The first-order valence-electron chi connectivity index (χ1n) is 8.21. The molecule has 2 aromatic rings. The smallest absolute Gasteiger partial charge is 0.226 e. The molecule has 1 saturated heterocycles. The molecule has 1 N–H and O–H groups in total. The summed E-state index contributed by atoms with van der Waals surface area (Å²) in [6, 6.07) is 2.06. The highest BCUT2D eigenvalue weighted by molar-refractivity contribution is 7.13. The maximum absolute atomic E-state index is 12.0. The number of nitrogens with zero attached hydrogens (tertiary/aromatic N) is 2. The maximum atomic E-state index is 12.0.